The van der Waals surface area contributed by atoms with Gasteiger partial charge >= 0.3 is 0 Å². The van der Waals surface area contributed by atoms with Gasteiger partial charge in [-0.3, -0.25) is 4.90 Å². The smallest absolute Gasteiger partial charge is 0.124 e. The van der Waals surface area contributed by atoms with Crippen LogP contribution >= 0.6 is 0 Å². The van der Waals surface area contributed by atoms with Gasteiger partial charge in [0, 0.05) is 0 Å². The lowest BCUT2D eigenvalue weighted by molar-refractivity contribution is 0.154. The fraction of sp³-hybridized carbons (Fsp3) is 0.562. The molecule has 1 unspecified atom stereocenters. The molecule has 3 heteroatoms. The lowest BCUT2D eigenvalue weighted by Crippen LogP contribution is -2.34. The SMILES string of the molecule is CCC(c1nc2ccc(C)cc2[nH]1)N1CCCCC1. The highest BCUT2D eigenvalue weighted by Crippen LogP contribution is 2.27. The van der Waals surface area contributed by atoms with Crippen LogP contribution in [0.4, 0.5) is 0 Å². The maximum Gasteiger partial charge on any atom is 0.124 e. The summed E-state index contributed by atoms with van der Waals surface area (Å²) in [5, 5.41) is 0. The van der Waals surface area contributed by atoms with Gasteiger partial charge in [0.1, 0.15) is 5.82 Å². The van der Waals surface area contributed by atoms with Crippen molar-refractivity contribution in [3.05, 3.63) is 29.6 Å². The number of piperidine rings is 1. The van der Waals surface area contributed by atoms with Crippen molar-refractivity contribution in [2.24, 2.45) is 0 Å². The summed E-state index contributed by atoms with van der Waals surface area (Å²) in [5.74, 6) is 1.14. The highest BCUT2D eigenvalue weighted by atomic mass is 15.2. The second-order valence-electron chi connectivity index (χ2n) is 5.66. The molecule has 1 aromatic heterocycles. The van der Waals surface area contributed by atoms with Crippen LogP contribution in [0.3, 0.4) is 0 Å². The number of nitrogens with one attached hydrogen (secondary N) is 1. The number of fused-ring (bicyclic) bond motifs is 1. The number of aromatic nitrogens is 2. The number of rotatable bonds is 3. The van der Waals surface area contributed by atoms with Gasteiger partial charge in [0.25, 0.3) is 0 Å². The molecule has 1 fully saturated rings. The molecule has 1 saturated heterocycles. The predicted octanol–water partition coefficient (Wildman–Crippen LogP) is 3.81. The Labute approximate surface area is 115 Å². The summed E-state index contributed by atoms with van der Waals surface area (Å²) < 4.78 is 0. The van der Waals surface area contributed by atoms with Crippen LogP contribution in [0.5, 0.6) is 0 Å². The number of hydrogen-bond acceptors (Lipinski definition) is 2. The molecule has 0 bridgehead atoms. The van der Waals surface area contributed by atoms with Crippen molar-refractivity contribution in [1.82, 2.24) is 14.9 Å². The van der Waals surface area contributed by atoms with E-state index < -0.39 is 0 Å². The van der Waals surface area contributed by atoms with E-state index in [0.29, 0.717) is 6.04 Å². The van der Waals surface area contributed by atoms with Gasteiger partial charge < -0.3 is 4.98 Å². The minimum absolute atomic E-state index is 0.452. The molecule has 1 atom stereocenters. The maximum atomic E-state index is 4.80. The van der Waals surface area contributed by atoms with Gasteiger partial charge in [-0.15, -0.1) is 0 Å². The van der Waals surface area contributed by atoms with Crippen molar-refractivity contribution in [2.45, 2.75) is 45.6 Å². The summed E-state index contributed by atoms with van der Waals surface area (Å²) in [6.45, 7) is 6.82. The Balaban J connectivity index is 1.91. The van der Waals surface area contributed by atoms with E-state index in [1.807, 2.05) is 0 Å². The molecule has 3 nitrogen and oxygen atoms in total. The van der Waals surface area contributed by atoms with Crippen LogP contribution in [-0.4, -0.2) is 28.0 Å². The van der Waals surface area contributed by atoms with Gasteiger partial charge in [-0.05, 0) is 57.0 Å². The zero-order valence-electron chi connectivity index (χ0n) is 11.9. The summed E-state index contributed by atoms with van der Waals surface area (Å²) in [7, 11) is 0. The van der Waals surface area contributed by atoms with Crippen molar-refractivity contribution in [3.63, 3.8) is 0 Å². The summed E-state index contributed by atoms with van der Waals surface area (Å²) in [6.07, 6.45) is 5.16. The van der Waals surface area contributed by atoms with E-state index in [2.05, 4.69) is 41.9 Å². The Kier molecular flexibility index (Phi) is 3.56. The number of benzene rings is 1. The van der Waals surface area contributed by atoms with E-state index in [4.69, 9.17) is 4.98 Å². The molecule has 102 valence electrons. The molecule has 2 aromatic rings. The molecule has 0 spiro atoms. The number of likely N-dealkylation sites (tertiary alicyclic amines) is 1. The molecular weight excluding hydrogens is 234 g/mol. The highest BCUT2D eigenvalue weighted by Gasteiger charge is 2.23. The molecular formula is C16H23N3. The lowest BCUT2D eigenvalue weighted by Gasteiger charge is -2.32. The van der Waals surface area contributed by atoms with Gasteiger partial charge in [-0.25, -0.2) is 4.98 Å². The molecule has 0 radical (unpaired) electrons. The van der Waals surface area contributed by atoms with E-state index >= 15 is 0 Å². The average molecular weight is 257 g/mol. The molecule has 1 N–H and O–H groups in total. The third kappa shape index (κ3) is 2.52. The van der Waals surface area contributed by atoms with Crippen molar-refractivity contribution < 1.29 is 0 Å². The summed E-state index contributed by atoms with van der Waals surface area (Å²) >= 11 is 0. The Morgan fingerprint density at radius 1 is 1.26 bits per heavy atom. The van der Waals surface area contributed by atoms with E-state index in [9.17, 15) is 0 Å². The van der Waals surface area contributed by atoms with Crippen molar-refractivity contribution in [2.75, 3.05) is 13.1 Å². The Bertz CT molecular complexity index is 552. The molecule has 19 heavy (non-hydrogen) atoms. The molecule has 0 saturated carbocycles. The molecule has 1 aliphatic rings. The minimum Gasteiger partial charge on any atom is -0.341 e. The van der Waals surface area contributed by atoms with Gasteiger partial charge in [0.05, 0.1) is 17.1 Å². The normalized spacial score (nSPS) is 18.8. The third-order valence-corrected chi connectivity index (χ3v) is 4.19. The first-order valence-corrected chi connectivity index (χ1v) is 7.48. The highest BCUT2D eigenvalue weighted by molar-refractivity contribution is 5.75. The van der Waals surface area contributed by atoms with Crippen LogP contribution in [0.15, 0.2) is 18.2 Å². The van der Waals surface area contributed by atoms with Crippen molar-refractivity contribution >= 4 is 11.0 Å². The molecule has 1 aromatic carbocycles. The van der Waals surface area contributed by atoms with Crippen LogP contribution in [0.25, 0.3) is 11.0 Å². The van der Waals surface area contributed by atoms with E-state index in [0.717, 1.165) is 17.8 Å². The first-order chi connectivity index (χ1) is 9.28. The summed E-state index contributed by atoms with van der Waals surface area (Å²) in [5.41, 5.74) is 3.55. The molecule has 2 heterocycles. The maximum absolute atomic E-state index is 4.80. The van der Waals surface area contributed by atoms with Crippen LogP contribution in [0.1, 0.15) is 50.0 Å². The van der Waals surface area contributed by atoms with Gasteiger partial charge in [-0.2, -0.15) is 0 Å². The summed E-state index contributed by atoms with van der Waals surface area (Å²) in [4.78, 5) is 10.9. The second-order valence-corrected chi connectivity index (χ2v) is 5.66. The van der Waals surface area contributed by atoms with E-state index in [1.54, 1.807) is 0 Å². The van der Waals surface area contributed by atoms with Crippen molar-refractivity contribution in [3.8, 4) is 0 Å². The largest absolute Gasteiger partial charge is 0.341 e. The van der Waals surface area contributed by atoms with Gasteiger partial charge in [0.15, 0.2) is 0 Å². The Morgan fingerprint density at radius 3 is 2.79 bits per heavy atom. The van der Waals surface area contributed by atoms with Gasteiger partial charge in [0.2, 0.25) is 0 Å². The van der Waals surface area contributed by atoms with Gasteiger partial charge in [-0.1, -0.05) is 19.4 Å². The predicted molar refractivity (Wildman–Crippen MR) is 79.3 cm³/mol. The lowest BCUT2D eigenvalue weighted by atomic mass is 10.1. The Morgan fingerprint density at radius 2 is 2.05 bits per heavy atom. The number of H-pyrrole nitrogens is 1. The fourth-order valence-corrected chi connectivity index (χ4v) is 3.16. The quantitative estimate of drug-likeness (QED) is 0.906. The van der Waals surface area contributed by atoms with E-state index in [-0.39, 0.29) is 0 Å². The standard InChI is InChI=1S/C16H23N3/c1-3-15(19-9-5-4-6-10-19)16-17-13-8-7-12(2)11-14(13)18-16/h7-8,11,15H,3-6,9-10H2,1-2H3,(H,17,18). The zero-order valence-corrected chi connectivity index (χ0v) is 11.9. The fourth-order valence-electron chi connectivity index (χ4n) is 3.16. The van der Waals surface area contributed by atoms with Crippen LogP contribution in [0, 0.1) is 6.92 Å². The minimum atomic E-state index is 0.452. The van der Waals surface area contributed by atoms with Crippen LogP contribution in [0.2, 0.25) is 0 Å². The third-order valence-electron chi connectivity index (χ3n) is 4.19. The second kappa shape index (κ2) is 5.33. The molecule has 1 aliphatic heterocycles. The monoisotopic (exact) mass is 257 g/mol. The first-order valence-electron chi connectivity index (χ1n) is 7.48. The van der Waals surface area contributed by atoms with Crippen molar-refractivity contribution in [1.29, 1.82) is 0 Å². The molecule has 0 aliphatic carbocycles. The average Bonchev–Trinajstić information content (AvgIpc) is 2.83. The van der Waals surface area contributed by atoms with E-state index in [1.165, 1.54) is 43.4 Å². The first kappa shape index (κ1) is 12.7. The molecule has 0 amide bonds. The zero-order chi connectivity index (χ0) is 13.2. The summed E-state index contributed by atoms with van der Waals surface area (Å²) in [6, 6.07) is 6.89. The topological polar surface area (TPSA) is 31.9 Å². The number of nitrogens with zero attached hydrogens (tertiary/aromatic N) is 2. The Hall–Kier alpha value is -1.35. The number of imidazole rings is 1. The number of aromatic amines is 1. The van der Waals surface area contributed by atoms with Crippen LogP contribution in [-0.2, 0) is 0 Å². The number of aryl methyl sites for hydroxylation is 1. The van der Waals surface area contributed by atoms with Crippen LogP contribution < -0.4 is 0 Å². The molecule has 3 rings (SSSR count). The number of hydrogen-bond donors (Lipinski definition) is 1.